The van der Waals surface area contributed by atoms with E-state index in [1.165, 1.54) is 25.5 Å². The molecule has 0 aliphatic heterocycles. The molecule has 0 atom stereocenters. The van der Waals surface area contributed by atoms with Crippen molar-refractivity contribution in [1.29, 1.82) is 0 Å². The van der Waals surface area contributed by atoms with Crippen LogP contribution in [-0.2, 0) is 6.61 Å². The monoisotopic (exact) mass is 482 g/mol. The Kier molecular flexibility index (Phi) is 7.40. The second kappa shape index (κ2) is 10.4. The third-order valence-corrected chi connectivity index (χ3v) is 4.76. The fraction of sp³-hybridized carbons (Fsp3) is 0.0870. The van der Waals surface area contributed by atoms with Crippen molar-refractivity contribution in [2.45, 2.75) is 6.61 Å². The Morgan fingerprint density at radius 2 is 1.81 bits per heavy atom. The van der Waals surface area contributed by atoms with Crippen molar-refractivity contribution in [2.75, 3.05) is 7.11 Å². The van der Waals surface area contributed by atoms with E-state index < -0.39 is 5.97 Å². The molecule has 0 aromatic heterocycles. The van der Waals surface area contributed by atoms with Crippen molar-refractivity contribution >= 4 is 34.0 Å². The summed E-state index contributed by atoms with van der Waals surface area (Å²) in [5.41, 5.74) is 4.56. The molecule has 0 spiro atoms. The smallest absolute Gasteiger partial charge is 0.335 e. The number of para-hydroxylation sites is 1. The Balaban J connectivity index is 1.73. The Morgan fingerprint density at radius 3 is 2.48 bits per heavy atom. The molecule has 1 amide bonds. The Bertz CT molecular complexity index is 1110. The number of nitrogens with one attached hydrogen (secondary N) is 1. The van der Waals surface area contributed by atoms with Gasteiger partial charge in [-0.1, -0.05) is 40.2 Å². The molecule has 3 rings (SSSR count). The molecular weight excluding hydrogens is 464 g/mol. The number of ether oxygens (including phenoxy) is 2. The lowest BCUT2D eigenvalue weighted by atomic mass is 10.1. The number of carbonyl (C=O) groups is 2. The van der Waals surface area contributed by atoms with Crippen molar-refractivity contribution in [2.24, 2.45) is 5.10 Å². The zero-order valence-corrected chi connectivity index (χ0v) is 18.1. The topological polar surface area (TPSA) is 97.2 Å². The highest BCUT2D eigenvalue weighted by atomic mass is 79.9. The number of halogens is 1. The highest BCUT2D eigenvalue weighted by molar-refractivity contribution is 9.10. The lowest BCUT2D eigenvalue weighted by Crippen LogP contribution is -2.17. The number of amides is 1. The Hall–Kier alpha value is -3.65. The molecule has 0 fully saturated rings. The summed E-state index contributed by atoms with van der Waals surface area (Å²) in [6.45, 7) is 0.200. The van der Waals surface area contributed by atoms with Gasteiger partial charge in [0.15, 0.2) is 11.5 Å². The molecule has 0 saturated carbocycles. The fourth-order valence-corrected chi connectivity index (χ4v) is 3.10. The number of hydrogen-bond donors (Lipinski definition) is 2. The van der Waals surface area contributed by atoms with Gasteiger partial charge in [0.05, 0.1) is 18.9 Å². The first-order valence-electron chi connectivity index (χ1n) is 9.19. The van der Waals surface area contributed by atoms with Gasteiger partial charge in [-0.05, 0) is 48.0 Å². The van der Waals surface area contributed by atoms with Gasteiger partial charge in [0.25, 0.3) is 5.91 Å². The molecular formula is C23H19BrN2O5. The zero-order chi connectivity index (χ0) is 22.2. The first kappa shape index (κ1) is 22.0. The summed E-state index contributed by atoms with van der Waals surface area (Å²) in [6, 6.07) is 18.7. The second-order valence-electron chi connectivity index (χ2n) is 6.38. The van der Waals surface area contributed by atoms with Crippen LogP contribution in [-0.4, -0.2) is 30.3 Å². The zero-order valence-electron chi connectivity index (χ0n) is 16.5. The first-order valence-corrected chi connectivity index (χ1v) is 9.98. The van der Waals surface area contributed by atoms with E-state index in [0.29, 0.717) is 22.6 Å². The van der Waals surface area contributed by atoms with E-state index in [1.807, 2.05) is 6.07 Å². The SMILES string of the molecule is COc1cccc(/C=N\NC(=O)c2cccc(Br)c2)c1OCc1ccc(C(=O)O)cc1. The number of rotatable bonds is 8. The summed E-state index contributed by atoms with van der Waals surface area (Å²) in [5.74, 6) is -0.376. The molecule has 0 unspecified atom stereocenters. The van der Waals surface area contributed by atoms with Gasteiger partial charge in [0.1, 0.15) is 6.61 Å². The first-order chi connectivity index (χ1) is 15.0. The molecule has 2 N–H and O–H groups in total. The summed E-state index contributed by atoms with van der Waals surface area (Å²) in [5, 5.41) is 13.0. The van der Waals surface area contributed by atoms with Crippen LogP contribution in [0.2, 0.25) is 0 Å². The molecule has 0 saturated heterocycles. The van der Waals surface area contributed by atoms with Gasteiger partial charge in [-0.25, -0.2) is 10.2 Å². The minimum atomic E-state index is -0.986. The van der Waals surface area contributed by atoms with Crippen LogP contribution >= 0.6 is 15.9 Å². The summed E-state index contributed by atoms with van der Waals surface area (Å²) >= 11 is 3.33. The Labute approximate surface area is 187 Å². The summed E-state index contributed by atoms with van der Waals surface area (Å²) in [7, 11) is 1.53. The summed E-state index contributed by atoms with van der Waals surface area (Å²) < 4.78 is 12.1. The average Bonchev–Trinajstić information content (AvgIpc) is 2.78. The molecule has 8 heteroatoms. The molecule has 0 bridgehead atoms. The largest absolute Gasteiger partial charge is 0.493 e. The van der Waals surface area contributed by atoms with Gasteiger partial charge >= 0.3 is 5.97 Å². The molecule has 158 valence electrons. The van der Waals surface area contributed by atoms with E-state index in [-0.39, 0.29) is 18.1 Å². The van der Waals surface area contributed by atoms with Crippen LogP contribution in [0.3, 0.4) is 0 Å². The number of aromatic carboxylic acids is 1. The van der Waals surface area contributed by atoms with Gasteiger partial charge < -0.3 is 14.6 Å². The Morgan fingerprint density at radius 1 is 1.06 bits per heavy atom. The van der Waals surface area contributed by atoms with Gasteiger partial charge in [0, 0.05) is 15.6 Å². The third kappa shape index (κ3) is 5.93. The number of benzene rings is 3. The number of methoxy groups -OCH3 is 1. The normalized spacial score (nSPS) is 10.6. The standard InChI is InChI=1S/C23H19BrN2O5/c1-30-20-7-3-5-18(13-25-26-22(27)17-4-2-6-19(24)12-17)21(20)31-14-15-8-10-16(11-9-15)23(28)29/h2-13H,14H2,1H3,(H,26,27)(H,28,29)/b25-13-. The van der Waals surface area contributed by atoms with Gasteiger partial charge in [0.2, 0.25) is 0 Å². The van der Waals surface area contributed by atoms with E-state index in [2.05, 4.69) is 26.5 Å². The molecule has 0 radical (unpaired) electrons. The van der Waals surface area contributed by atoms with Crippen LogP contribution in [0.25, 0.3) is 0 Å². The van der Waals surface area contributed by atoms with E-state index in [9.17, 15) is 9.59 Å². The number of nitrogens with zero attached hydrogens (tertiary/aromatic N) is 1. The molecule has 31 heavy (non-hydrogen) atoms. The maximum atomic E-state index is 12.2. The molecule has 0 aliphatic rings. The van der Waals surface area contributed by atoms with E-state index >= 15 is 0 Å². The predicted octanol–water partition coefficient (Wildman–Crippen LogP) is 4.50. The van der Waals surface area contributed by atoms with E-state index in [0.717, 1.165) is 10.0 Å². The number of carbonyl (C=O) groups excluding carboxylic acids is 1. The minimum Gasteiger partial charge on any atom is -0.493 e. The van der Waals surface area contributed by atoms with Crippen LogP contribution in [0.15, 0.2) is 76.3 Å². The summed E-state index contributed by atoms with van der Waals surface area (Å²) in [6.07, 6.45) is 1.47. The molecule has 3 aromatic carbocycles. The van der Waals surface area contributed by atoms with Gasteiger partial charge in [-0.2, -0.15) is 5.10 Å². The van der Waals surface area contributed by atoms with Crippen molar-refractivity contribution < 1.29 is 24.2 Å². The van der Waals surface area contributed by atoms with Crippen molar-refractivity contribution in [3.63, 3.8) is 0 Å². The van der Waals surface area contributed by atoms with E-state index in [4.69, 9.17) is 14.6 Å². The van der Waals surface area contributed by atoms with Crippen molar-refractivity contribution in [1.82, 2.24) is 5.43 Å². The highest BCUT2D eigenvalue weighted by Gasteiger charge is 2.11. The number of hydrazone groups is 1. The van der Waals surface area contributed by atoms with Crippen LogP contribution in [0, 0.1) is 0 Å². The minimum absolute atomic E-state index is 0.200. The van der Waals surface area contributed by atoms with Crippen molar-refractivity contribution in [3.8, 4) is 11.5 Å². The van der Waals surface area contributed by atoms with Crippen LogP contribution in [0.5, 0.6) is 11.5 Å². The average molecular weight is 483 g/mol. The quantitative estimate of drug-likeness (QED) is 0.363. The number of hydrogen-bond acceptors (Lipinski definition) is 5. The van der Waals surface area contributed by atoms with Gasteiger partial charge in [-0.3, -0.25) is 4.79 Å². The second-order valence-corrected chi connectivity index (χ2v) is 7.29. The van der Waals surface area contributed by atoms with Crippen LogP contribution in [0.1, 0.15) is 31.8 Å². The lowest BCUT2D eigenvalue weighted by Gasteiger charge is -2.13. The third-order valence-electron chi connectivity index (χ3n) is 4.27. The molecule has 7 nitrogen and oxygen atoms in total. The lowest BCUT2D eigenvalue weighted by molar-refractivity contribution is 0.0696. The van der Waals surface area contributed by atoms with Gasteiger partial charge in [-0.15, -0.1) is 0 Å². The number of carboxylic acids is 1. The number of carboxylic acid groups (broad SMARTS) is 1. The summed E-state index contributed by atoms with van der Waals surface area (Å²) in [4.78, 5) is 23.2. The maximum absolute atomic E-state index is 12.2. The van der Waals surface area contributed by atoms with Crippen LogP contribution < -0.4 is 14.9 Å². The van der Waals surface area contributed by atoms with E-state index in [1.54, 1.807) is 48.5 Å². The van der Waals surface area contributed by atoms with Crippen molar-refractivity contribution in [3.05, 3.63) is 93.5 Å². The maximum Gasteiger partial charge on any atom is 0.335 e. The predicted molar refractivity (Wildman–Crippen MR) is 120 cm³/mol. The molecule has 3 aromatic rings. The molecule has 0 aliphatic carbocycles. The fourth-order valence-electron chi connectivity index (χ4n) is 2.70. The molecule has 0 heterocycles. The van der Waals surface area contributed by atoms with Crippen LogP contribution in [0.4, 0.5) is 0 Å². The highest BCUT2D eigenvalue weighted by Crippen LogP contribution is 2.30.